The van der Waals surface area contributed by atoms with Crippen molar-refractivity contribution < 1.29 is 0 Å². The summed E-state index contributed by atoms with van der Waals surface area (Å²) in [6.45, 7) is 3.71. The molecule has 2 rings (SSSR count). The lowest BCUT2D eigenvalue weighted by Gasteiger charge is -2.17. The zero-order chi connectivity index (χ0) is 12.3. The van der Waals surface area contributed by atoms with E-state index >= 15 is 0 Å². The highest BCUT2D eigenvalue weighted by molar-refractivity contribution is 6.20. The number of nitrogens with zero attached hydrogens (tertiary/aromatic N) is 2. The Hall–Kier alpha value is -1.12. The summed E-state index contributed by atoms with van der Waals surface area (Å²) in [5.74, 6) is 0. The highest BCUT2D eigenvalue weighted by atomic mass is 35.5. The zero-order valence-electron chi connectivity index (χ0n) is 10.2. The Morgan fingerprint density at radius 1 is 1.24 bits per heavy atom. The Balaban J connectivity index is 2.14. The number of alkyl halides is 1. The molecule has 0 fully saturated rings. The maximum atomic E-state index is 5.97. The maximum absolute atomic E-state index is 5.97. The normalized spacial score (nSPS) is 13.2. The van der Waals surface area contributed by atoms with E-state index in [-0.39, 0.29) is 5.38 Å². The molecule has 1 heterocycles. The van der Waals surface area contributed by atoms with Crippen molar-refractivity contribution >= 4 is 22.5 Å². The van der Waals surface area contributed by atoms with E-state index in [1.54, 1.807) is 0 Å². The van der Waals surface area contributed by atoms with E-state index in [2.05, 4.69) is 35.1 Å². The number of para-hydroxylation sites is 1. The van der Waals surface area contributed by atoms with E-state index in [0.717, 1.165) is 24.3 Å². The van der Waals surface area contributed by atoms with Crippen LogP contribution in [0.3, 0.4) is 0 Å². The Morgan fingerprint density at radius 3 is 2.76 bits per heavy atom. The SMILES string of the molecule is CC(Cl)CN(C)Cc1ccc2ccccc2n1. The fraction of sp³-hybridized carbons (Fsp3) is 0.357. The average Bonchev–Trinajstić information content (AvgIpc) is 2.27. The standard InChI is InChI=1S/C14H17ClN2/c1-11(15)9-17(2)10-13-8-7-12-5-3-4-6-14(12)16-13/h3-8,11H,9-10H2,1-2H3. The second-order valence-electron chi connectivity index (χ2n) is 4.47. The first kappa shape index (κ1) is 12.3. The Bertz CT molecular complexity index is 496. The lowest BCUT2D eigenvalue weighted by Crippen LogP contribution is -2.24. The summed E-state index contributed by atoms with van der Waals surface area (Å²) in [7, 11) is 2.07. The summed E-state index contributed by atoms with van der Waals surface area (Å²) >= 11 is 5.97. The molecule has 1 atom stereocenters. The van der Waals surface area contributed by atoms with Gasteiger partial charge in [0, 0.05) is 23.9 Å². The summed E-state index contributed by atoms with van der Waals surface area (Å²) in [6, 6.07) is 12.4. The fourth-order valence-electron chi connectivity index (χ4n) is 1.97. The molecule has 1 aromatic heterocycles. The largest absolute Gasteiger partial charge is 0.299 e. The Morgan fingerprint density at radius 2 is 2.00 bits per heavy atom. The molecule has 0 aliphatic heterocycles. The van der Waals surface area contributed by atoms with Crippen molar-refractivity contribution in [1.82, 2.24) is 9.88 Å². The molecule has 0 N–H and O–H groups in total. The van der Waals surface area contributed by atoms with Crippen molar-refractivity contribution in [3.05, 3.63) is 42.1 Å². The van der Waals surface area contributed by atoms with Gasteiger partial charge in [-0.2, -0.15) is 0 Å². The first-order valence-electron chi connectivity index (χ1n) is 5.82. The number of aromatic nitrogens is 1. The topological polar surface area (TPSA) is 16.1 Å². The van der Waals surface area contributed by atoms with Gasteiger partial charge < -0.3 is 0 Å². The number of hydrogen-bond donors (Lipinski definition) is 0. The summed E-state index contributed by atoms with van der Waals surface area (Å²) in [5, 5.41) is 1.35. The average molecular weight is 249 g/mol. The van der Waals surface area contributed by atoms with Crippen molar-refractivity contribution in [2.24, 2.45) is 0 Å². The van der Waals surface area contributed by atoms with Crippen molar-refractivity contribution in [2.45, 2.75) is 18.8 Å². The number of benzene rings is 1. The molecule has 0 aliphatic rings. The third kappa shape index (κ3) is 3.42. The number of rotatable bonds is 4. The van der Waals surface area contributed by atoms with Gasteiger partial charge in [0.2, 0.25) is 0 Å². The number of hydrogen-bond acceptors (Lipinski definition) is 2. The number of halogens is 1. The van der Waals surface area contributed by atoms with Gasteiger partial charge in [0.05, 0.1) is 11.2 Å². The van der Waals surface area contributed by atoms with E-state index in [1.165, 1.54) is 5.39 Å². The van der Waals surface area contributed by atoms with Crippen LogP contribution in [0.1, 0.15) is 12.6 Å². The third-order valence-electron chi connectivity index (χ3n) is 2.65. The molecule has 0 saturated carbocycles. The molecular formula is C14H17ClN2. The van der Waals surface area contributed by atoms with Gasteiger partial charge in [-0.3, -0.25) is 9.88 Å². The van der Waals surface area contributed by atoms with Gasteiger partial charge in [-0.1, -0.05) is 24.3 Å². The van der Waals surface area contributed by atoms with Crippen LogP contribution in [0.15, 0.2) is 36.4 Å². The van der Waals surface area contributed by atoms with E-state index in [4.69, 9.17) is 11.6 Å². The van der Waals surface area contributed by atoms with Crippen LogP contribution in [0.5, 0.6) is 0 Å². The highest BCUT2D eigenvalue weighted by Gasteiger charge is 2.05. The molecule has 0 saturated heterocycles. The van der Waals surface area contributed by atoms with Crippen LogP contribution in [0.25, 0.3) is 10.9 Å². The van der Waals surface area contributed by atoms with Crippen LogP contribution in [-0.4, -0.2) is 28.9 Å². The lowest BCUT2D eigenvalue weighted by atomic mass is 10.2. The predicted octanol–water partition coefficient (Wildman–Crippen LogP) is 3.29. The van der Waals surface area contributed by atoms with Gasteiger partial charge in [-0.25, -0.2) is 0 Å². The van der Waals surface area contributed by atoms with Gasteiger partial charge in [0.15, 0.2) is 0 Å². The molecule has 0 radical (unpaired) electrons. The second-order valence-corrected chi connectivity index (χ2v) is 5.22. The minimum atomic E-state index is 0.167. The summed E-state index contributed by atoms with van der Waals surface area (Å²) < 4.78 is 0. The second kappa shape index (κ2) is 5.48. The number of pyridine rings is 1. The molecule has 0 aliphatic carbocycles. The van der Waals surface area contributed by atoms with Crippen LogP contribution >= 0.6 is 11.6 Å². The summed E-state index contributed by atoms with van der Waals surface area (Å²) in [4.78, 5) is 6.83. The van der Waals surface area contributed by atoms with Crippen LogP contribution in [0, 0.1) is 0 Å². The summed E-state index contributed by atoms with van der Waals surface area (Å²) in [6.07, 6.45) is 0. The molecule has 2 nitrogen and oxygen atoms in total. The molecule has 3 heteroatoms. The minimum absolute atomic E-state index is 0.167. The van der Waals surface area contributed by atoms with Crippen LogP contribution in [0.4, 0.5) is 0 Å². The third-order valence-corrected chi connectivity index (χ3v) is 2.79. The number of fused-ring (bicyclic) bond motifs is 1. The van der Waals surface area contributed by atoms with Crippen molar-refractivity contribution in [2.75, 3.05) is 13.6 Å². The zero-order valence-corrected chi connectivity index (χ0v) is 11.0. The molecule has 0 bridgehead atoms. The molecule has 1 unspecified atom stereocenters. The van der Waals surface area contributed by atoms with Crippen LogP contribution in [-0.2, 0) is 6.54 Å². The van der Waals surface area contributed by atoms with Crippen molar-refractivity contribution in [1.29, 1.82) is 0 Å². The minimum Gasteiger partial charge on any atom is -0.299 e. The Kier molecular flexibility index (Phi) is 3.97. The van der Waals surface area contributed by atoms with Crippen molar-refractivity contribution in [3.63, 3.8) is 0 Å². The summed E-state index contributed by atoms with van der Waals surface area (Å²) in [5.41, 5.74) is 2.14. The first-order chi connectivity index (χ1) is 8.15. The monoisotopic (exact) mass is 248 g/mol. The van der Waals surface area contributed by atoms with Gasteiger partial charge in [0.25, 0.3) is 0 Å². The molecule has 17 heavy (non-hydrogen) atoms. The molecular weight excluding hydrogens is 232 g/mol. The smallest absolute Gasteiger partial charge is 0.0705 e. The van der Waals surface area contributed by atoms with Gasteiger partial charge >= 0.3 is 0 Å². The van der Waals surface area contributed by atoms with Crippen molar-refractivity contribution in [3.8, 4) is 0 Å². The van der Waals surface area contributed by atoms with E-state index in [1.807, 2.05) is 25.1 Å². The molecule has 2 aromatic rings. The van der Waals surface area contributed by atoms with E-state index in [0.29, 0.717) is 0 Å². The predicted molar refractivity (Wildman–Crippen MR) is 73.4 cm³/mol. The van der Waals surface area contributed by atoms with Crippen LogP contribution in [0.2, 0.25) is 0 Å². The Labute approximate surface area is 107 Å². The van der Waals surface area contributed by atoms with Crippen LogP contribution < -0.4 is 0 Å². The highest BCUT2D eigenvalue weighted by Crippen LogP contribution is 2.12. The molecule has 0 amide bonds. The lowest BCUT2D eigenvalue weighted by molar-refractivity contribution is 0.326. The first-order valence-corrected chi connectivity index (χ1v) is 6.26. The molecule has 90 valence electrons. The molecule has 0 spiro atoms. The van der Waals surface area contributed by atoms with Gasteiger partial charge in [-0.15, -0.1) is 11.6 Å². The van der Waals surface area contributed by atoms with Gasteiger partial charge in [-0.05, 0) is 26.1 Å². The van der Waals surface area contributed by atoms with E-state index in [9.17, 15) is 0 Å². The van der Waals surface area contributed by atoms with E-state index < -0.39 is 0 Å². The maximum Gasteiger partial charge on any atom is 0.0705 e. The van der Waals surface area contributed by atoms with Gasteiger partial charge in [0.1, 0.15) is 0 Å². The molecule has 1 aromatic carbocycles. The fourth-order valence-corrected chi connectivity index (χ4v) is 2.20. The quantitative estimate of drug-likeness (QED) is 0.772.